The number of nitriles is 1. The summed E-state index contributed by atoms with van der Waals surface area (Å²) in [6.07, 6.45) is 4.37. The fourth-order valence-electron chi connectivity index (χ4n) is 6.74. The Labute approximate surface area is 215 Å². The van der Waals surface area contributed by atoms with Gasteiger partial charge in [0.05, 0.1) is 36.2 Å². The number of likely N-dealkylation sites (tertiary alicyclic amines) is 3. The quantitative estimate of drug-likeness (QED) is 0.312. The van der Waals surface area contributed by atoms with Gasteiger partial charge in [-0.05, 0) is 61.3 Å². The molecule has 7 atom stereocenters. The van der Waals surface area contributed by atoms with Gasteiger partial charge in [-0.1, -0.05) is 6.07 Å². The normalized spacial score (nSPS) is 33.2. The second-order valence-electron chi connectivity index (χ2n) is 10.9. The Morgan fingerprint density at radius 2 is 2.14 bits per heavy atom. The van der Waals surface area contributed by atoms with E-state index in [0.717, 1.165) is 43.5 Å². The molecule has 1 unspecified atom stereocenters. The van der Waals surface area contributed by atoms with E-state index in [2.05, 4.69) is 28.0 Å². The fraction of sp³-hybridized carbons (Fsp3) is 0.640. The first-order valence-corrected chi connectivity index (χ1v) is 13.4. The smallest absolute Gasteiger partial charge is 0.242 e. The van der Waals surface area contributed by atoms with Crippen molar-refractivity contribution < 1.29 is 18.9 Å². The molecule has 1 saturated carbocycles. The molecule has 4 fully saturated rings. The number of piperazine rings is 1. The molecule has 0 radical (unpaired) electrons. The van der Waals surface area contributed by atoms with Gasteiger partial charge in [0.25, 0.3) is 0 Å². The zero-order valence-corrected chi connectivity index (χ0v) is 21.4. The summed E-state index contributed by atoms with van der Waals surface area (Å²) in [6, 6.07) is 7.62. The number of hydroxylamine groups is 2. The third-order valence-corrected chi connectivity index (χ3v) is 8.95. The van der Waals surface area contributed by atoms with Crippen molar-refractivity contribution in [1.29, 1.82) is 5.26 Å². The van der Waals surface area contributed by atoms with E-state index in [0.29, 0.717) is 12.5 Å². The van der Waals surface area contributed by atoms with Crippen LogP contribution in [0.25, 0.3) is 0 Å². The van der Waals surface area contributed by atoms with Gasteiger partial charge in [-0.2, -0.15) is 10.3 Å². The van der Waals surface area contributed by atoms with Crippen LogP contribution in [-0.4, -0.2) is 89.0 Å². The average Bonchev–Trinajstić information content (AvgIpc) is 3.18. The SMILES string of the molecule is CN(C)OOSc1ccc2c(c1)CC[C@H]2N1C(=O)[C@H]2C[C@@H]1CN2C[C@H](N)C(=O)N1C2C[C@H]2C[C@H]1C#N. The molecular weight excluding hydrogens is 480 g/mol. The lowest BCUT2D eigenvalue weighted by Crippen LogP contribution is -2.57. The number of aryl methyl sites for hydroxylation is 1. The standard InChI is InChI=1S/C25H32N6O4S/c1-28(2)34-35-36-18-4-5-19-14(8-18)3-6-21(19)31-17-10-23(25(31)33)29(12-17)13-20(27)24(32)30-16(11-26)7-15-9-22(15)30/h4-5,8,15-17,20-23H,3,6-7,9-10,12-13,27H2,1-2H3/t15-,16+,17-,20+,21-,22?,23-/m1/s1. The Bertz CT molecular complexity index is 1110. The molecule has 3 saturated heterocycles. The summed E-state index contributed by atoms with van der Waals surface area (Å²) in [5, 5.41) is 10.9. The van der Waals surface area contributed by atoms with Gasteiger partial charge >= 0.3 is 0 Å². The van der Waals surface area contributed by atoms with Gasteiger partial charge in [-0.3, -0.25) is 14.5 Å². The second-order valence-corrected chi connectivity index (χ2v) is 11.6. The highest BCUT2D eigenvalue weighted by molar-refractivity contribution is 7.94. The Morgan fingerprint density at radius 3 is 2.89 bits per heavy atom. The van der Waals surface area contributed by atoms with Gasteiger partial charge in [0.2, 0.25) is 11.8 Å². The molecule has 10 nitrogen and oxygen atoms in total. The first kappa shape index (κ1) is 24.2. The van der Waals surface area contributed by atoms with Crippen LogP contribution < -0.4 is 5.73 Å². The van der Waals surface area contributed by atoms with Crippen molar-refractivity contribution in [2.75, 3.05) is 27.2 Å². The van der Waals surface area contributed by atoms with Crippen LogP contribution in [0.2, 0.25) is 0 Å². The summed E-state index contributed by atoms with van der Waals surface area (Å²) < 4.78 is 5.16. The van der Waals surface area contributed by atoms with Gasteiger partial charge < -0.3 is 15.5 Å². The molecule has 1 aromatic rings. The molecule has 6 rings (SSSR count). The number of hydrogen-bond donors (Lipinski definition) is 1. The molecule has 36 heavy (non-hydrogen) atoms. The van der Waals surface area contributed by atoms with E-state index in [-0.39, 0.29) is 42.0 Å². The van der Waals surface area contributed by atoms with Gasteiger partial charge in [0.15, 0.2) is 0 Å². The minimum absolute atomic E-state index is 0.0886. The van der Waals surface area contributed by atoms with Crippen LogP contribution in [0, 0.1) is 17.2 Å². The topological polar surface area (TPSA) is 115 Å². The predicted octanol–water partition coefficient (Wildman–Crippen LogP) is 1.23. The lowest BCUT2D eigenvalue weighted by Gasteiger charge is -2.38. The molecule has 2 N–H and O–H groups in total. The molecule has 2 aliphatic carbocycles. The Hall–Kier alpha value is -2.20. The van der Waals surface area contributed by atoms with E-state index in [4.69, 9.17) is 15.1 Å². The first-order valence-electron chi connectivity index (χ1n) is 12.7. The molecule has 3 aliphatic heterocycles. The number of fused-ring (bicyclic) bond motifs is 4. The van der Waals surface area contributed by atoms with Crippen LogP contribution in [0.15, 0.2) is 23.1 Å². The summed E-state index contributed by atoms with van der Waals surface area (Å²) in [5.74, 6) is 0.465. The molecule has 1 aromatic carbocycles. The number of nitrogens with two attached hydrogens (primary N) is 1. The fourth-order valence-corrected chi connectivity index (χ4v) is 7.28. The van der Waals surface area contributed by atoms with Crippen molar-refractivity contribution in [3.8, 4) is 6.07 Å². The van der Waals surface area contributed by atoms with Crippen LogP contribution in [0.1, 0.15) is 42.9 Å². The average molecular weight is 513 g/mol. The number of amides is 2. The van der Waals surface area contributed by atoms with Gasteiger partial charge in [-0.15, -0.1) is 9.32 Å². The van der Waals surface area contributed by atoms with Crippen LogP contribution in [-0.2, 0) is 25.3 Å². The van der Waals surface area contributed by atoms with Crippen molar-refractivity contribution >= 4 is 23.9 Å². The van der Waals surface area contributed by atoms with Crippen molar-refractivity contribution in [1.82, 2.24) is 19.8 Å². The summed E-state index contributed by atoms with van der Waals surface area (Å²) in [4.78, 5) is 38.4. The maximum Gasteiger partial charge on any atom is 0.242 e. The Balaban J connectivity index is 1.08. The summed E-state index contributed by atoms with van der Waals surface area (Å²) in [7, 11) is 3.50. The highest BCUT2D eigenvalue weighted by Crippen LogP contribution is 2.48. The van der Waals surface area contributed by atoms with Gasteiger partial charge in [0, 0.05) is 44.2 Å². The molecular formula is C25H32N6O4S. The van der Waals surface area contributed by atoms with E-state index < -0.39 is 6.04 Å². The van der Waals surface area contributed by atoms with Crippen LogP contribution in [0.3, 0.4) is 0 Å². The third kappa shape index (κ3) is 4.10. The zero-order chi connectivity index (χ0) is 25.1. The Kier molecular flexibility index (Phi) is 6.22. The molecule has 11 heteroatoms. The van der Waals surface area contributed by atoms with E-state index in [1.54, 1.807) is 19.0 Å². The molecule has 0 spiro atoms. The number of piperidine rings is 1. The Morgan fingerprint density at radius 1 is 1.31 bits per heavy atom. The van der Waals surface area contributed by atoms with Crippen molar-refractivity contribution in [2.24, 2.45) is 11.7 Å². The lowest BCUT2D eigenvalue weighted by atomic mass is 10.1. The predicted molar refractivity (Wildman–Crippen MR) is 131 cm³/mol. The van der Waals surface area contributed by atoms with Crippen molar-refractivity contribution in [2.45, 2.75) is 73.3 Å². The van der Waals surface area contributed by atoms with Crippen LogP contribution in [0.4, 0.5) is 0 Å². The number of carbonyl (C=O) groups is 2. The monoisotopic (exact) mass is 512 g/mol. The highest BCUT2D eigenvalue weighted by Gasteiger charge is 2.56. The second kappa shape index (κ2) is 9.28. The summed E-state index contributed by atoms with van der Waals surface area (Å²) >= 11 is 1.17. The molecule has 5 aliphatic rings. The van der Waals surface area contributed by atoms with Crippen LogP contribution >= 0.6 is 12.0 Å². The highest BCUT2D eigenvalue weighted by atomic mass is 32.2. The molecule has 2 bridgehead atoms. The minimum atomic E-state index is -0.706. The summed E-state index contributed by atoms with van der Waals surface area (Å²) in [6.45, 7) is 1.10. The van der Waals surface area contributed by atoms with Gasteiger partial charge in [0.1, 0.15) is 6.04 Å². The third-order valence-electron chi connectivity index (χ3n) is 8.38. The lowest BCUT2D eigenvalue weighted by molar-refractivity contribution is -0.340. The number of carbonyl (C=O) groups excluding carboxylic acids is 2. The first-order chi connectivity index (χ1) is 17.4. The number of rotatable bonds is 8. The number of hydrogen-bond acceptors (Lipinski definition) is 9. The minimum Gasteiger partial charge on any atom is -0.330 e. The molecule has 2 amide bonds. The molecule has 0 aromatic heterocycles. The summed E-state index contributed by atoms with van der Waals surface area (Å²) in [5.41, 5.74) is 8.80. The van der Waals surface area contributed by atoms with Gasteiger partial charge in [-0.25, -0.2) is 0 Å². The van der Waals surface area contributed by atoms with E-state index in [1.165, 1.54) is 28.2 Å². The van der Waals surface area contributed by atoms with Crippen molar-refractivity contribution in [3.63, 3.8) is 0 Å². The van der Waals surface area contributed by atoms with E-state index >= 15 is 0 Å². The largest absolute Gasteiger partial charge is 0.330 e. The van der Waals surface area contributed by atoms with E-state index in [9.17, 15) is 14.9 Å². The molecule has 3 heterocycles. The number of nitrogens with zero attached hydrogens (tertiary/aromatic N) is 5. The zero-order valence-electron chi connectivity index (χ0n) is 20.6. The molecule has 192 valence electrons. The maximum absolute atomic E-state index is 13.5. The maximum atomic E-state index is 13.5. The number of benzene rings is 1. The van der Waals surface area contributed by atoms with E-state index in [1.807, 2.05) is 6.07 Å². The van der Waals surface area contributed by atoms with Crippen LogP contribution in [0.5, 0.6) is 0 Å². The van der Waals surface area contributed by atoms with Crippen molar-refractivity contribution in [3.05, 3.63) is 29.3 Å².